The standard InChI is InChI=1S/C36H38O3/c1-35(2,3)30-21-25(38-7)22-31(36(4,5)6)33(30)39-34(37)29-20-19-24-14-9-11-17-27(24)32(29)28-18-12-15-23-13-8-10-16-26(23)28/h8-22,29,32H,1-7H3/t29?,32-/m1/s1. The van der Waals surface area contributed by atoms with Crippen molar-refractivity contribution in [2.45, 2.75) is 58.3 Å². The monoisotopic (exact) mass is 518 g/mol. The molecule has 0 aliphatic heterocycles. The highest BCUT2D eigenvalue weighted by molar-refractivity contribution is 5.90. The normalized spacial score (nSPS) is 17.1. The van der Waals surface area contributed by atoms with Crippen LogP contribution in [0.4, 0.5) is 0 Å². The molecule has 0 saturated carbocycles. The summed E-state index contributed by atoms with van der Waals surface area (Å²) in [5, 5.41) is 2.32. The first-order valence-electron chi connectivity index (χ1n) is 13.7. The SMILES string of the molecule is COc1cc(C(C)(C)C)c(OC(=O)C2C=Cc3ccccc3[C@@H]2c2cccc3ccccc23)c(C(C)(C)C)c1. The molecular weight excluding hydrogens is 480 g/mol. The molecule has 4 aromatic carbocycles. The Labute approximate surface area is 232 Å². The lowest BCUT2D eigenvalue weighted by atomic mass is 9.74. The first-order chi connectivity index (χ1) is 18.5. The van der Waals surface area contributed by atoms with Crippen LogP contribution in [0.5, 0.6) is 11.5 Å². The van der Waals surface area contributed by atoms with Crippen molar-refractivity contribution in [3.8, 4) is 11.5 Å². The van der Waals surface area contributed by atoms with Gasteiger partial charge in [-0.1, -0.05) is 120 Å². The number of esters is 1. The summed E-state index contributed by atoms with van der Waals surface area (Å²) in [6.45, 7) is 12.8. The smallest absolute Gasteiger partial charge is 0.319 e. The molecule has 3 nitrogen and oxygen atoms in total. The molecule has 200 valence electrons. The second-order valence-corrected chi connectivity index (χ2v) is 12.5. The molecule has 3 heteroatoms. The molecule has 39 heavy (non-hydrogen) atoms. The van der Waals surface area contributed by atoms with Crippen molar-refractivity contribution in [1.29, 1.82) is 0 Å². The van der Waals surface area contributed by atoms with E-state index in [0.717, 1.165) is 44.3 Å². The van der Waals surface area contributed by atoms with Crippen LogP contribution in [0.2, 0.25) is 0 Å². The molecule has 0 fully saturated rings. The number of carbonyl (C=O) groups excluding carboxylic acids is 1. The lowest BCUT2D eigenvalue weighted by Gasteiger charge is -2.33. The number of methoxy groups -OCH3 is 1. The van der Waals surface area contributed by atoms with Gasteiger partial charge in [0.25, 0.3) is 0 Å². The summed E-state index contributed by atoms with van der Waals surface area (Å²) in [4.78, 5) is 14.3. The molecule has 1 aliphatic carbocycles. The van der Waals surface area contributed by atoms with E-state index in [1.54, 1.807) is 7.11 Å². The van der Waals surface area contributed by atoms with Crippen molar-refractivity contribution < 1.29 is 14.3 Å². The summed E-state index contributed by atoms with van der Waals surface area (Å²) in [7, 11) is 1.68. The Morgan fingerprint density at radius 1 is 0.744 bits per heavy atom. The van der Waals surface area contributed by atoms with Gasteiger partial charge < -0.3 is 9.47 Å². The Balaban J connectivity index is 1.66. The van der Waals surface area contributed by atoms with E-state index < -0.39 is 5.92 Å². The molecule has 1 unspecified atom stereocenters. The molecule has 0 amide bonds. The van der Waals surface area contributed by atoms with Gasteiger partial charge in [-0.05, 0) is 50.4 Å². The molecule has 0 saturated heterocycles. The summed E-state index contributed by atoms with van der Waals surface area (Å²) in [5.74, 6) is 0.516. The van der Waals surface area contributed by atoms with Crippen molar-refractivity contribution in [2.24, 2.45) is 5.92 Å². The third-order valence-electron chi connectivity index (χ3n) is 7.72. The van der Waals surface area contributed by atoms with Crippen LogP contribution < -0.4 is 9.47 Å². The average Bonchev–Trinajstić information content (AvgIpc) is 2.91. The maximum absolute atomic E-state index is 14.3. The fourth-order valence-electron chi connectivity index (χ4n) is 5.67. The quantitative estimate of drug-likeness (QED) is 0.200. The van der Waals surface area contributed by atoms with Gasteiger partial charge in [0.1, 0.15) is 11.5 Å². The largest absolute Gasteiger partial charge is 0.497 e. The first kappa shape index (κ1) is 26.7. The predicted molar refractivity (Wildman–Crippen MR) is 161 cm³/mol. The number of ether oxygens (including phenoxy) is 2. The molecule has 0 radical (unpaired) electrons. The summed E-state index contributed by atoms with van der Waals surface area (Å²) < 4.78 is 12.2. The van der Waals surface area contributed by atoms with Crippen molar-refractivity contribution in [3.63, 3.8) is 0 Å². The summed E-state index contributed by atoms with van der Waals surface area (Å²) in [6, 6.07) is 27.1. The van der Waals surface area contributed by atoms with E-state index in [-0.39, 0.29) is 22.7 Å². The number of rotatable bonds is 4. The maximum Gasteiger partial charge on any atom is 0.319 e. The number of fused-ring (bicyclic) bond motifs is 2. The molecule has 4 aromatic rings. The molecule has 0 bridgehead atoms. The molecule has 1 aliphatic rings. The van der Waals surface area contributed by atoms with Gasteiger partial charge in [0, 0.05) is 17.0 Å². The van der Waals surface area contributed by atoms with Gasteiger partial charge in [-0.3, -0.25) is 4.79 Å². The maximum atomic E-state index is 14.3. The highest BCUT2D eigenvalue weighted by atomic mass is 16.5. The van der Waals surface area contributed by atoms with E-state index in [9.17, 15) is 4.79 Å². The Morgan fingerprint density at radius 2 is 1.33 bits per heavy atom. The topological polar surface area (TPSA) is 35.5 Å². The lowest BCUT2D eigenvalue weighted by molar-refractivity contribution is -0.137. The number of hydrogen-bond acceptors (Lipinski definition) is 3. The molecular formula is C36H38O3. The van der Waals surface area contributed by atoms with Crippen LogP contribution in [0.1, 0.15) is 75.3 Å². The summed E-state index contributed by atoms with van der Waals surface area (Å²) >= 11 is 0. The van der Waals surface area contributed by atoms with E-state index in [1.807, 2.05) is 24.3 Å². The minimum atomic E-state index is -0.478. The Bertz CT molecular complexity index is 1520. The van der Waals surface area contributed by atoms with Crippen LogP contribution >= 0.6 is 0 Å². The van der Waals surface area contributed by atoms with E-state index in [1.165, 1.54) is 0 Å². The fraction of sp³-hybridized carbons (Fsp3) is 0.306. The highest BCUT2D eigenvalue weighted by Crippen LogP contribution is 2.46. The molecule has 2 atom stereocenters. The minimum Gasteiger partial charge on any atom is -0.497 e. The zero-order chi connectivity index (χ0) is 27.9. The van der Waals surface area contributed by atoms with Crippen LogP contribution in [0, 0.1) is 5.92 Å². The van der Waals surface area contributed by atoms with Crippen molar-refractivity contribution in [3.05, 3.63) is 113 Å². The van der Waals surface area contributed by atoms with Gasteiger partial charge in [0.2, 0.25) is 0 Å². The zero-order valence-electron chi connectivity index (χ0n) is 24.0. The summed E-state index contributed by atoms with van der Waals surface area (Å²) in [6.07, 6.45) is 4.08. The van der Waals surface area contributed by atoms with Crippen molar-refractivity contribution in [2.75, 3.05) is 7.11 Å². The van der Waals surface area contributed by atoms with Crippen LogP contribution in [-0.4, -0.2) is 13.1 Å². The predicted octanol–water partition coefficient (Wildman–Crippen LogP) is 8.82. The zero-order valence-corrected chi connectivity index (χ0v) is 24.0. The third kappa shape index (κ3) is 5.11. The molecule has 0 N–H and O–H groups in total. The van der Waals surface area contributed by atoms with E-state index in [0.29, 0.717) is 5.75 Å². The van der Waals surface area contributed by atoms with Gasteiger partial charge in [0.05, 0.1) is 13.0 Å². The number of carbonyl (C=O) groups is 1. The third-order valence-corrected chi connectivity index (χ3v) is 7.72. The Morgan fingerprint density at radius 3 is 2.00 bits per heavy atom. The molecule has 0 spiro atoms. The van der Waals surface area contributed by atoms with E-state index >= 15 is 0 Å². The average molecular weight is 519 g/mol. The van der Waals surface area contributed by atoms with Gasteiger partial charge >= 0.3 is 5.97 Å². The van der Waals surface area contributed by atoms with Gasteiger partial charge in [-0.15, -0.1) is 0 Å². The highest BCUT2D eigenvalue weighted by Gasteiger charge is 2.37. The molecule has 0 heterocycles. The fourth-order valence-corrected chi connectivity index (χ4v) is 5.67. The second kappa shape index (κ2) is 10.0. The van der Waals surface area contributed by atoms with Crippen LogP contribution in [0.25, 0.3) is 16.8 Å². The summed E-state index contributed by atoms with van der Waals surface area (Å²) in [5.41, 5.74) is 4.81. The van der Waals surface area contributed by atoms with Gasteiger partial charge in [0.15, 0.2) is 0 Å². The van der Waals surface area contributed by atoms with Crippen LogP contribution in [0.15, 0.2) is 84.9 Å². The van der Waals surface area contributed by atoms with Gasteiger partial charge in [-0.25, -0.2) is 0 Å². The van der Waals surface area contributed by atoms with E-state index in [4.69, 9.17) is 9.47 Å². The second-order valence-electron chi connectivity index (χ2n) is 12.5. The van der Waals surface area contributed by atoms with E-state index in [2.05, 4.69) is 108 Å². The van der Waals surface area contributed by atoms with Crippen molar-refractivity contribution in [1.82, 2.24) is 0 Å². The molecule has 5 rings (SSSR count). The minimum absolute atomic E-state index is 0.167. The number of benzene rings is 4. The molecule has 0 aromatic heterocycles. The Hall–Kier alpha value is -3.85. The van der Waals surface area contributed by atoms with Crippen LogP contribution in [-0.2, 0) is 15.6 Å². The Kier molecular flexibility index (Phi) is 6.88. The lowest BCUT2D eigenvalue weighted by Crippen LogP contribution is -2.30. The van der Waals surface area contributed by atoms with Crippen molar-refractivity contribution >= 4 is 22.8 Å². The first-order valence-corrected chi connectivity index (χ1v) is 13.7. The van der Waals surface area contributed by atoms with Gasteiger partial charge in [-0.2, -0.15) is 0 Å². The van der Waals surface area contributed by atoms with Crippen LogP contribution in [0.3, 0.4) is 0 Å². The number of hydrogen-bond donors (Lipinski definition) is 0.